The molecule has 2 aliphatic heterocycles. The van der Waals surface area contributed by atoms with E-state index < -0.39 is 0 Å². The Hall–Kier alpha value is -1.53. The molecule has 0 bridgehead atoms. The Labute approximate surface area is 129 Å². The maximum absolute atomic E-state index is 12.5. The van der Waals surface area contributed by atoms with Crippen LogP contribution in [-0.2, 0) is 9.47 Å². The molecule has 3 fully saturated rings. The van der Waals surface area contributed by atoms with Gasteiger partial charge >= 0.3 is 0 Å². The predicted octanol–water partition coefficient (Wildman–Crippen LogP) is 0.992. The first-order valence-corrected chi connectivity index (χ1v) is 7.99. The first kappa shape index (κ1) is 14.1. The summed E-state index contributed by atoms with van der Waals surface area (Å²) in [7, 11) is 0. The summed E-state index contributed by atoms with van der Waals surface area (Å²) in [6.07, 6.45) is 5.80. The van der Waals surface area contributed by atoms with E-state index in [-0.39, 0.29) is 17.1 Å². The average Bonchev–Trinajstić information content (AvgIpc) is 3.17. The van der Waals surface area contributed by atoms with Crippen molar-refractivity contribution in [2.45, 2.75) is 12.8 Å². The predicted molar refractivity (Wildman–Crippen MR) is 78.2 cm³/mol. The lowest BCUT2D eigenvalue weighted by molar-refractivity contribution is 0.0222. The average molecular weight is 303 g/mol. The maximum Gasteiger partial charge on any atom is 0.291 e. The minimum absolute atomic E-state index is 0.0423. The molecule has 0 N–H and O–H groups in total. The van der Waals surface area contributed by atoms with Gasteiger partial charge in [0.2, 0.25) is 5.82 Å². The zero-order valence-electron chi connectivity index (χ0n) is 12.6. The summed E-state index contributed by atoms with van der Waals surface area (Å²) in [5.74, 6) is 1.31. The van der Waals surface area contributed by atoms with Crippen molar-refractivity contribution in [3.63, 3.8) is 0 Å². The molecule has 1 amide bonds. The smallest absolute Gasteiger partial charge is 0.291 e. The number of amides is 1. The molecular formula is C16H21N3O3. The zero-order chi connectivity index (χ0) is 15.0. The van der Waals surface area contributed by atoms with Crippen molar-refractivity contribution >= 4 is 5.91 Å². The largest absolute Gasteiger partial charge is 0.380 e. The van der Waals surface area contributed by atoms with E-state index in [2.05, 4.69) is 9.97 Å². The molecule has 3 heterocycles. The number of rotatable bonds is 5. The molecule has 2 atom stereocenters. The first-order chi connectivity index (χ1) is 10.8. The van der Waals surface area contributed by atoms with Crippen molar-refractivity contribution < 1.29 is 14.3 Å². The van der Waals surface area contributed by atoms with Crippen LogP contribution >= 0.6 is 0 Å². The molecule has 6 nitrogen and oxygen atoms in total. The Kier molecular flexibility index (Phi) is 3.58. The summed E-state index contributed by atoms with van der Waals surface area (Å²) >= 11 is 0. The lowest BCUT2D eigenvalue weighted by Crippen LogP contribution is -2.37. The molecule has 2 saturated heterocycles. The molecular weight excluding hydrogens is 282 g/mol. The van der Waals surface area contributed by atoms with Gasteiger partial charge in [0, 0.05) is 43.4 Å². The highest BCUT2D eigenvalue weighted by atomic mass is 16.5. The third-order valence-corrected chi connectivity index (χ3v) is 5.01. The fraction of sp³-hybridized carbons (Fsp3) is 0.688. The van der Waals surface area contributed by atoms with Crippen LogP contribution in [0.4, 0.5) is 0 Å². The van der Waals surface area contributed by atoms with E-state index in [0.717, 1.165) is 12.5 Å². The third kappa shape index (κ3) is 2.61. The molecule has 6 heteroatoms. The quantitative estimate of drug-likeness (QED) is 0.812. The fourth-order valence-electron chi connectivity index (χ4n) is 3.46. The van der Waals surface area contributed by atoms with Crippen LogP contribution in [0.2, 0.25) is 0 Å². The van der Waals surface area contributed by atoms with E-state index >= 15 is 0 Å². The van der Waals surface area contributed by atoms with Crippen molar-refractivity contribution in [2.24, 2.45) is 17.3 Å². The molecule has 0 unspecified atom stereocenters. The summed E-state index contributed by atoms with van der Waals surface area (Å²) in [4.78, 5) is 22.5. The molecule has 0 spiro atoms. The first-order valence-electron chi connectivity index (χ1n) is 7.99. The minimum atomic E-state index is -0.0865. The van der Waals surface area contributed by atoms with Gasteiger partial charge in [-0.05, 0) is 24.8 Å². The number of likely N-dealkylation sites (tertiary alicyclic amines) is 1. The molecule has 1 aromatic rings. The Bertz CT molecular complexity index is 549. The second-order valence-corrected chi connectivity index (χ2v) is 6.79. The van der Waals surface area contributed by atoms with Crippen molar-refractivity contribution in [1.29, 1.82) is 0 Å². The van der Waals surface area contributed by atoms with Crippen molar-refractivity contribution in [3.05, 3.63) is 24.3 Å². The van der Waals surface area contributed by atoms with E-state index in [9.17, 15) is 4.79 Å². The van der Waals surface area contributed by atoms with Crippen LogP contribution in [0.1, 0.15) is 23.5 Å². The van der Waals surface area contributed by atoms with E-state index in [0.29, 0.717) is 38.8 Å². The molecule has 1 aliphatic carbocycles. The summed E-state index contributed by atoms with van der Waals surface area (Å²) < 4.78 is 11.6. The SMILES string of the molecule is O=C(c1ncccn1)N1C[C@@H]2COC[C@]2(COCC2CC2)C1. The Morgan fingerprint density at radius 1 is 1.41 bits per heavy atom. The number of ether oxygens (including phenoxy) is 2. The Morgan fingerprint density at radius 2 is 2.23 bits per heavy atom. The Morgan fingerprint density at radius 3 is 3.00 bits per heavy atom. The lowest BCUT2D eigenvalue weighted by Gasteiger charge is -2.26. The molecule has 0 aromatic carbocycles. The van der Waals surface area contributed by atoms with Crippen molar-refractivity contribution in [2.75, 3.05) is 39.5 Å². The topological polar surface area (TPSA) is 64.6 Å². The van der Waals surface area contributed by atoms with Gasteiger partial charge < -0.3 is 14.4 Å². The molecule has 4 rings (SSSR count). The van der Waals surface area contributed by atoms with Crippen LogP contribution in [0.15, 0.2) is 18.5 Å². The number of aromatic nitrogens is 2. The van der Waals surface area contributed by atoms with Gasteiger partial charge in [-0.1, -0.05) is 0 Å². The van der Waals surface area contributed by atoms with Gasteiger partial charge in [0.25, 0.3) is 5.91 Å². The van der Waals surface area contributed by atoms with Gasteiger partial charge in [0.05, 0.1) is 19.8 Å². The second kappa shape index (κ2) is 5.59. The number of nitrogens with zero attached hydrogens (tertiary/aromatic N) is 3. The van der Waals surface area contributed by atoms with Crippen LogP contribution in [-0.4, -0.2) is 60.3 Å². The summed E-state index contributed by atoms with van der Waals surface area (Å²) in [6.45, 7) is 4.33. The highest BCUT2D eigenvalue weighted by molar-refractivity contribution is 5.90. The molecule has 1 aromatic heterocycles. The van der Waals surface area contributed by atoms with Crippen LogP contribution in [0.5, 0.6) is 0 Å². The van der Waals surface area contributed by atoms with E-state index in [1.807, 2.05) is 4.90 Å². The van der Waals surface area contributed by atoms with E-state index in [4.69, 9.17) is 9.47 Å². The molecule has 22 heavy (non-hydrogen) atoms. The van der Waals surface area contributed by atoms with Crippen LogP contribution in [0.3, 0.4) is 0 Å². The zero-order valence-corrected chi connectivity index (χ0v) is 12.6. The normalized spacial score (nSPS) is 30.5. The van der Waals surface area contributed by atoms with Crippen LogP contribution in [0, 0.1) is 17.3 Å². The van der Waals surface area contributed by atoms with Gasteiger partial charge in [-0.3, -0.25) is 4.79 Å². The molecule has 3 aliphatic rings. The maximum atomic E-state index is 12.5. The van der Waals surface area contributed by atoms with Crippen molar-refractivity contribution in [1.82, 2.24) is 14.9 Å². The van der Waals surface area contributed by atoms with Crippen LogP contribution in [0.25, 0.3) is 0 Å². The monoisotopic (exact) mass is 303 g/mol. The summed E-state index contributed by atoms with van der Waals surface area (Å²) in [6, 6.07) is 1.72. The number of carbonyl (C=O) groups excluding carboxylic acids is 1. The lowest BCUT2D eigenvalue weighted by atomic mass is 9.82. The summed E-state index contributed by atoms with van der Waals surface area (Å²) in [5.41, 5.74) is -0.0423. The molecule has 1 saturated carbocycles. The fourth-order valence-corrected chi connectivity index (χ4v) is 3.46. The van der Waals surface area contributed by atoms with Gasteiger partial charge in [-0.15, -0.1) is 0 Å². The number of carbonyl (C=O) groups is 1. The standard InChI is InChI=1S/C16H21N3O3/c20-15(14-17-4-1-5-18-14)19-6-13-8-22-11-16(13,9-19)10-21-7-12-2-3-12/h1,4-5,12-13H,2-3,6-11H2/t13-,16-/m1/s1. The van der Waals surface area contributed by atoms with E-state index in [1.165, 1.54) is 12.8 Å². The van der Waals surface area contributed by atoms with Crippen molar-refractivity contribution in [3.8, 4) is 0 Å². The number of hydrogen-bond acceptors (Lipinski definition) is 5. The Balaban J connectivity index is 1.43. The highest BCUT2D eigenvalue weighted by Crippen LogP contribution is 2.42. The van der Waals surface area contributed by atoms with Gasteiger partial charge in [0.15, 0.2) is 0 Å². The van der Waals surface area contributed by atoms with Crippen LogP contribution < -0.4 is 0 Å². The summed E-state index contributed by atoms with van der Waals surface area (Å²) in [5, 5.41) is 0. The minimum Gasteiger partial charge on any atom is -0.380 e. The molecule has 0 radical (unpaired) electrons. The number of hydrogen-bond donors (Lipinski definition) is 0. The van der Waals surface area contributed by atoms with Gasteiger partial charge in [-0.2, -0.15) is 0 Å². The van der Waals surface area contributed by atoms with Gasteiger partial charge in [0.1, 0.15) is 0 Å². The molecule has 118 valence electrons. The van der Waals surface area contributed by atoms with Gasteiger partial charge in [-0.25, -0.2) is 9.97 Å². The second-order valence-electron chi connectivity index (χ2n) is 6.79. The number of fused-ring (bicyclic) bond motifs is 1. The van der Waals surface area contributed by atoms with E-state index in [1.54, 1.807) is 18.5 Å². The third-order valence-electron chi connectivity index (χ3n) is 5.01. The highest BCUT2D eigenvalue weighted by Gasteiger charge is 2.52.